The van der Waals surface area contributed by atoms with Crippen molar-refractivity contribution in [2.45, 2.75) is 33.1 Å². The summed E-state index contributed by atoms with van der Waals surface area (Å²) in [6, 6.07) is 7.62. The van der Waals surface area contributed by atoms with Crippen molar-refractivity contribution in [3.8, 4) is 0 Å². The fraction of sp³-hybridized carbons (Fsp3) is 0.312. The van der Waals surface area contributed by atoms with Crippen molar-refractivity contribution in [3.05, 3.63) is 45.4 Å². The van der Waals surface area contributed by atoms with E-state index < -0.39 is 11.9 Å². The topological polar surface area (TPSA) is 82.1 Å². The van der Waals surface area contributed by atoms with Gasteiger partial charge in [0.05, 0.1) is 22.5 Å². The predicted octanol–water partition coefficient (Wildman–Crippen LogP) is 2.12. The van der Waals surface area contributed by atoms with Gasteiger partial charge in [0.1, 0.15) is 5.01 Å². The van der Waals surface area contributed by atoms with Gasteiger partial charge in [-0.25, -0.2) is 4.98 Å². The van der Waals surface area contributed by atoms with Crippen LogP contribution in [0.5, 0.6) is 0 Å². The SMILES string of the molecule is CCc1ccc(NC(=O)[C@H](C)c2nc(C)c(C(=O)[O-])s2)cc1. The molecule has 0 bridgehead atoms. The second-order valence-electron chi connectivity index (χ2n) is 5.02. The Labute approximate surface area is 133 Å². The maximum atomic E-state index is 12.3. The van der Waals surface area contributed by atoms with Gasteiger partial charge in [0, 0.05) is 5.69 Å². The third kappa shape index (κ3) is 3.51. The molecule has 2 rings (SSSR count). The molecule has 5 nitrogen and oxygen atoms in total. The van der Waals surface area contributed by atoms with Crippen LogP contribution in [0, 0.1) is 6.92 Å². The van der Waals surface area contributed by atoms with Gasteiger partial charge in [0.15, 0.2) is 0 Å². The molecule has 0 aliphatic carbocycles. The molecule has 1 atom stereocenters. The molecule has 0 radical (unpaired) electrons. The van der Waals surface area contributed by atoms with E-state index in [0.29, 0.717) is 16.4 Å². The zero-order valence-electron chi connectivity index (χ0n) is 12.7. The number of benzene rings is 1. The average Bonchev–Trinajstić information content (AvgIpc) is 2.89. The lowest BCUT2D eigenvalue weighted by atomic mass is 10.1. The smallest absolute Gasteiger partial charge is 0.234 e. The molecule has 0 spiro atoms. The van der Waals surface area contributed by atoms with Gasteiger partial charge in [-0.3, -0.25) is 4.79 Å². The largest absolute Gasteiger partial charge is 0.544 e. The first-order valence-corrected chi connectivity index (χ1v) is 7.82. The molecule has 0 unspecified atom stereocenters. The molecule has 1 amide bonds. The van der Waals surface area contributed by atoms with Crippen LogP contribution in [0.3, 0.4) is 0 Å². The van der Waals surface area contributed by atoms with E-state index in [0.717, 1.165) is 17.8 Å². The third-order valence-corrected chi connectivity index (χ3v) is 4.71. The minimum Gasteiger partial charge on any atom is -0.544 e. The first-order valence-electron chi connectivity index (χ1n) is 7.00. The Morgan fingerprint density at radius 2 is 1.95 bits per heavy atom. The minimum absolute atomic E-state index is 0.0712. The number of hydrogen-bond acceptors (Lipinski definition) is 5. The summed E-state index contributed by atoms with van der Waals surface area (Å²) in [6.45, 7) is 5.36. The Morgan fingerprint density at radius 1 is 1.32 bits per heavy atom. The molecule has 1 aromatic heterocycles. The van der Waals surface area contributed by atoms with Crippen LogP contribution in [-0.2, 0) is 11.2 Å². The van der Waals surface area contributed by atoms with Crippen LogP contribution in [0.2, 0.25) is 0 Å². The van der Waals surface area contributed by atoms with Crippen LogP contribution in [-0.4, -0.2) is 16.9 Å². The Bertz CT molecular complexity index is 692. The Kier molecular flexibility index (Phi) is 4.92. The highest BCUT2D eigenvalue weighted by atomic mass is 32.1. The lowest BCUT2D eigenvalue weighted by Crippen LogP contribution is -2.21. The second-order valence-corrected chi connectivity index (χ2v) is 6.05. The molecular weight excluding hydrogens is 300 g/mol. The molecular formula is C16H17N2O3S-. The summed E-state index contributed by atoms with van der Waals surface area (Å²) < 4.78 is 0. The maximum Gasteiger partial charge on any atom is 0.234 e. The zero-order chi connectivity index (χ0) is 16.3. The van der Waals surface area contributed by atoms with E-state index in [9.17, 15) is 14.7 Å². The standard InChI is InChI=1S/C16H18N2O3S/c1-4-11-5-7-12(8-6-11)18-14(19)9(2)15-17-10(3)13(22-15)16(20)21/h5-9H,4H2,1-3H3,(H,18,19)(H,20,21)/p-1/t9-/m0/s1. The van der Waals surface area contributed by atoms with Crippen LogP contribution >= 0.6 is 11.3 Å². The summed E-state index contributed by atoms with van der Waals surface area (Å²) in [4.78, 5) is 27.4. The van der Waals surface area contributed by atoms with E-state index in [4.69, 9.17) is 0 Å². The number of hydrogen-bond donors (Lipinski definition) is 1. The van der Waals surface area contributed by atoms with Crippen molar-refractivity contribution in [1.82, 2.24) is 4.98 Å². The number of carboxylic acids is 1. The van der Waals surface area contributed by atoms with Crippen LogP contribution in [0.4, 0.5) is 5.69 Å². The Hall–Kier alpha value is -2.21. The van der Waals surface area contributed by atoms with Crippen molar-refractivity contribution < 1.29 is 14.7 Å². The van der Waals surface area contributed by atoms with Gasteiger partial charge in [-0.05, 0) is 38.0 Å². The number of carbonyl (C=O) groups is 2. The van der Waals surface area contributed by atoms with Gasteiger partial charge in [0.25, 0.3) is 0 Å². The summed E-state index contributed by atoms with van der Waals surface area (Å²) in [5.41, 5.74) is 2.29. The molecule has 0 saturated heterocycles. The summed E-state index contributed by atoms with van der Waals surface area (Å²) in [6.07, 6.45) is 0.940. The number of anilines is 1. The van der Waals surface area contributed by atoms with Gasteiger partial charge in [-0.1, -0.05) is 19.1 Å². The number of aromatic carboxylic acids is 1. The molecule has 0 aliphatic rings. The quantitative estimate of drug-likeness (QED) is 0.915. The van der Waals surface area contributed by atoms with E-state index in [1.165, 1.54) is 5.56 Å². The fourth-order valence-electron chi connectivity index (χ4n) is 1.98. The van der Waals surface area contributed by atoms with Gasteiger partial charge < -0.3 is 15.2 Å². The van der Waals surface area contributed by atoms with Crippen LogP contribution in [0.15, 0.2) is 24.3 Å². The number of aromatic nitrogens is 1. The van der Waals surface area contributed by atoms with Crippen LogP contribution < -0.4 is 10.4 Å². The van der Waals surface area contributed by atoms with E-state index >= 15 is 0 Å². The highest BCUT2D eigenvalue weighted by molar-refractivity contribution is 7.13. The zero-order valence-corrected chi connectivity index (χ0v) is 13.5. The number of aryl methyl sites for hydroxylation is 2. The summed E-state index contributed by atoms with van der Waals surface area (Å²) in [5.74, 6) is -2.01. The number of carboxylic acid groups (broad SMARTS) is 1. The maximum absolute atomic E-state index is 12.3. The first-order chi connectivity index (χ1) is 10.4. The normalized spacial score (nSPS) is 12.0. The van der Waals surface area contributed by atoms with E-state index in [2.05, 4.69) is 17.2 Å². The lowest BCUT2D eigenvalue weighted by molar-refractivity contribution is -0.254. The van der Waals surface area contributed by atoms with Crippen molar-refractivity contribution in [1.29, 1.82) is 0 Å². The second kappa shape index (κ2) is 6.70. The van der Waals surface area contributed by atoms with E-state index in [1.807, 2.05) is 24.3 Å². The van der Waals surface area contributed by atoms with Crippen molar-refractivity contribution in [2.24, 2.45) is 0 Å². The number of nitrogens with one attached hydrogen (secondary N) is 1. The number of rotatable bonds is 5. The van der Waals surface area contributed by atoms with Crippen molar-refractivity contribution >= 4 is 28.9 Å². The highest BCUT2D eigenvalue weighted by Gasteiger charge is 2.21. The Balaban J connectivity index is 2.11. The van der Waals surface area contributed by atoms with Crippen molar-refractivity contribution in [3.63, 3.8) is 0 Å². The molecule has 0 aliphatic heterocycles. The van der Waals surface area contributed by atoms with Crippen LogP contribution in [0.25, 0.3) is 0 Å². The average molecular weight is 317 g/mol. The molecule has 6 heteroatoms. The summed E-state index contributed by atoms with van der Waals surface area (Å²) >= 11 is 0.987. The van der Waals surface area contributed by atoms with Gasteiger partial charge in [-0.2, -0.15) is 0 Å². The number of amides is 1. The molecule has 0 fully saturated rings. The monoisotopic (exact) mass is 317 g/mol. The van der Waals surface area contributed by atoms with E-state index in [1.54, 1.807) is 13.8 Å². The van der Waals surface area contributed by atoms with Gasteiger partial charge >= 0.3 is 0 Å². The number of carbonyl (C=O) groups excluding carboxylic acids is 2. The number of nitrogens with zero attached hydrogens (tertiary/aromatic N) is 1. The van der Waals surface area contributed by atoms with Crippen LogP contribution in [0.1, 0.15) is 45.7 Å². The molecule has 1 N–H and O–H groups in total. The molecule has 1 aromatic carbocycles. The molecule has 0 saturated carbocycles. The molecule has 1 heterocycles. The molecule has 116 valence electrons. The van der Waals surface area contributed by atoms with E-state index in [-0.39, 0.29) is 10.8 Å². The minimum atomic E-state index is -1.26. The molecule has 22 heavy (non-hydrogen) atoms. The molecule has 2 aromatic rings. The lowest BCUT2D eigenvalue weighted by Gasteiger charge is -2.10. The first kappa shape index (κ1) is 16.2. The van der Waals surface area contributed by atoms with Gasteiger partial charge in [-0.15, -0.1) is 11.3 Å². The van der Waals surface area contributed by atoms with Gasteiger partial charge in [0.2, 0.25) is 5.91 Å². The number of thiazole rings is 1. The Morgan fingerprint density at radius 3 is 2.45 bits per heavy atom. The summed E-state index contributed by atoms with van der Waals surface area (Å²) in [7, 11) is 0. The third-order valence-electron chi connectivity index (χ3n) is 3.39. The van der Waals surface area contributed by atoms with Crippen molar-refractivity contribution in [2.75, 3.05) is 5.32 Å². The highest BCUT2D eigenvalue weighted by Crippen LogP contribution is 2.25. The fourth-order valence-corrected chi connectivity index (χ4v) is 2.93. The summed E-state index contributed by atoms with van der Waals surface area (Å²) in [5, 5.41) is 14.2. The predicted molar refractivity (Wildman–Crippen MR) is 84.0 cm³/mol.